The first kappa shape index (κ1) is 12.0. The first-order valence-electron chi connectivity index (χ1n) is 5.91. The van der Waals surface area contributed by atoms with Gasteiger partial charge in [-0.15, -0.1) is 27.6 Å². The van der Waals surface area contributed by atoms with Gasteiger partial charge in [0, 0.05) is 4.90 Å². The smallest absolute Gasteiger partial charge is 0.146 e. The van der Waals surface area contributed by atoms with E-state index in [1.54, 1.807) is 0 Å². The Morgan fingerprint density at radius 3 is 2.58 bits per heavy atom. The van der Waals surface area contributed by atoms with Crippen LogP contribution in [0.1, 0.15) is 11.1 Å². The molecule has 1 heterocycles. The number of phenols is 1. The number of aromatic hydroxyl groups is 1. The maximum atomic E-state index is 10.1. The second kappa shape index (κ2) is 4.28. The molecular formula is C14H13N3OS. The molecule has 0 aliphatic rings. The SMILES string of the molecule is Cc1cc(C)c(O)c(-n2nc3ccc(S)cc3n2)c1. The molecule has 0 radical (unpaired) electrons. The van der Waals surface area contributed by atoms with Crippen molar-refractivity contribution in [1.82, 2.24) is 15.0 Å². The molecule has 3 rings (SSSR count). The predicted molar refractivity (Wildman–Crippen MR) is 77.3 cm³/mol. The lowest BCUT2D eigenvalue weighted by Gasteiger charge is -2.07. The summed E-state index contributed by atoms with van der Waals surface area (Å²) in [5.74, 6) is 0.206. The number of fused-ring (bicyclic) bond motifs is 1. The summed E-state index contributed by atoms with van der Waals surface area (Å²) in [4.78, 5) is 2.30. The summed E-state index contributed by atoms with van der Waals surface area (Å²) in [7, 11) is 0. The number of benzene rings is 2. The number of hydrogen-bond acceptors (Lipinski definition) is 4. The van der Waals surface area contributed by atoms with Crippen LogP contribution in [0.4, 0.5) is 0 Å². The van der Waals surface area contributed by atoms with Gasteiger partial charge in [-0.2, -0.15) is 0 Å². The van der Waals surface area contributed by atoms with Crippen molar-refractivity contribution in [2.24, 2.45) is 0 Å². The number of thiol groups is 1. The Bertz CT molecular complexity index is 780. The monoisotopic (exact) mass is 271 g/mol. The average molecular weight is 271 g/mol. The summed E-state index contributed by atoms with van der Waals surface area (Å²) in [5, 5.41) is 18.9. The predicted octanol–water partition coefficient (Wildman–Crippen LogP) is 3.03. The van der Waals surface area contributed by atoms with E-state index < -0.39 is 0 Å². The zero-order chi connectivity index (χ0) is 13.6. The van der Waals surface area contributed by atoms with Gasteiger partial charge in [-0.3, -0.25) is 0 Å². The minimum absolute atomic E-state index is 0.206. The second-order valence-corrected chi connectivity index (χ2v) is 5.13. The van der Waals surface area contributed by atoms with Crippen LogP contribution in [-0.2, 0) is 0 Å². The van der Waals surface area contributed by atoms with Gasteiger partial charge < -0.3 is 5.11 Å². The molecule has 0 bridgehead atoms. The molecule has 1 aromatic heterocycles. The van der Waals surface area contributed by atoms with Crippen LogP contribution in [0.3, 0.4) is 0 Å². The number of aryl methyl sites for hydroxylation is 2. The number of nitrogens with zero attached hydrogens (tertiary/aromatic N) is 3. The molecule has 0 aliphatic carbocycles. The van der Waals surface area contributed by atoms with Crippen molar-refractivity contribution in [3.63, 3.8) is 0 Å². The molecule has 19 heavy (non-hydrogen) atoms. The van der Waals surface area contributed by atoms with Gasteiger partial charge in [-0.05, 0) is 49.2 Å². The van der Waals surface area contributed by atoms with Gasteiger partial charge in [0.15, 0.2) is 0 Å². The topological polar surface area (TPSA) is 50.9 Å². The first-order valence-corrected chi connectivity index (χ1v) is 6.36. The fourth-order valence-corrected chi connectivity index (χ4v) is 2.30. The maximum Gasteiger partial charge on any atom is 0.146 e. The summed E-state index contributed by atoms with van der Waals surface area (Å²) in [6.07, 6.45) is 0. The molecule has 96 valence electrons. The molecule has 2 aromatic carbocycles. The largest absolute Gasteiger partial charge is 0.505 e. The summed E-state index contributed by atoms with van der Waals surface area (Å²) >= 11 is 4.28. The Morgan fingerprint density at radius 2 is 1.79 bits per heavy atom. The van der Waals surface area contributed by atoms with Crippen molar-refractivity contribution < 1.29 is 5.11 Å². The van der Waals surface area contributed by atoms with Crippen LogP contribution in [0.25, 0.3) is 16.7 Å². The van der Waals surface area contributed by atoms with E-state index in [0.29, 0.717) is 5.69 Å². The van der Waals surface area contributed by atoms with Gasteiger partial charge in [-0.25, -0.2) is 0 Å². The summed E-state index contributed by atoms with van der Waals surface area (Å²) in [6.45, 7) is 3.84. The Hall–Kier alpha value is -2.01. The number of aromatic nitrogens is 3. The molecule has 0 spiro atoms. The zero-order valence-corrected chi connectivity index (χ0v) is 11.5. The Kier molecular flexibility index (Phi) is 2.71. The summed E-state index contributed by atoms with van der Waals surface area (Å²) in [5.41, 5.74) is 3.99. The molecule has 5 heteroatoms. The Labute approximate surface area is 116 Å². The van der Waals surface area contributed by atoms with Gasteiger partial charge in [0.05, 0.1) is 0 Å². The average Bonchev–Trinajstić information content (AvgIpc) is 2.76. The van der Waals surface area contributed by atoms with Gasteiger partial charge in [-0.1, -0.05) is 6.07 Å². The molecule has 0 aliphatic heterocycles. The quantitative estimate of drug-likeness (QED) is 0.669. The number of rotatable bonds is 1. The van der Waals surface area contributed by atoms with E-state index >= 15 is 0 Å². The maximum absolute atomic E-state index is 10.1. The van der Waals surface area contributed by atoms with Gasteiger partial charge in [0.2, 0.25) is 0 Å². The van der Waals surface area contributed by atoms with Crippen LogP contribution in [-0.4, -0.2) is 20.1 Å². The van der Waals surface area contributed by atoms with E-state index in [1.165, 1.54) is 4.80 Å². The number of phenolic OH excluding ortho intramolecular Hbond substituents is 1. The fraction of sp³-hybridized carbons (Fsp3) is 0.143. The lowest BCUT2D eigenvalue weighted by molar-refractivity contribution is 0.463. The summed E-state index contributed by atoms with van der Waals surface area (Å²) < 4.78 is 0. The van der Waals surface area contributed by atoms with Crippen molar-refractivity contribution in [2.75, 3.05) is 0 Å². The molecule has 0 atom stereocenters. The van der Waals surface area contributed by atoms with E-state index in [-0.39, 0.29) is 5.75 Å². The molecule has 0 amide bonds. The van der Waals surface area contributed by atoms with Crippen LogP contribution >= 0.6 is 12.6 Å². The minimum atomic E-state index is 0.206. The highest BCUT2D eigenvalue weighted by Crippen LogP contribution is 2.27. The fourth-order valence-electron chi connectivity index (χ4n) is 2.10. The first-order chi connectivity index (χ1) is 9.04. The van der Waals surface area contributed by atoms with E-state index in [4.69, 9.17) is 0 Å². The van der Waals surface area contributed by atoms with E-state index in [2.05, 4.69) is 22.8 Å². The van der Waals surface area contributed by atoms with Crippen LogP contribution in [0, 0.1) is 13.8 Å². The Morgan fingerprint density at radius 1 is 1.05 bits per heavy atom. The van der Waals surface area contributed by atoms with E-state index in [0.717, 1.165) is 27.1 Å². The zero-order valence-electron chi connectivity index (χ0n) is 10.6. The van der Waals surface area contributed by atoms with Gasteiger partial charge >= 0.3 is 0 Å². The normalized spacial score (nSPS) is 11.1. The van der Waals surface area contributed by atoms with Crippen molar-refractivity contribution in [3.8, 4) is 11.4 Å². The van der Waals surface area contributed by atoms with Crippen LogP contribution in [0.5, 0.6) is 5.75 Å². The van der Waals surface area contributed by atoms with Crippen molar-refractivity contribution in [1.29, 1.82) is 0 Å². The van der Waals surface area contributed by atoms with Crippen molar-refractivity contribution >= 4 is 23.7 Å². The number of hydrogen-bond donors (Lipinski definition) is 2. The molecular weight excluding hydrogens is 258 g/mol. The van der Waals surface area contributed by atoms with Crippen LogP contribution in [0.2, 0.25) is 0 Å². The molecule has 0 fully saturated rings. The molecule has 3 aromatic rings. The lowest BCUT2D eigenvalue weighted by atomic mass is 10.1. The lowest BCUT2D eigenvalue weighted by Crippen LogP contribution is -2.00. The highest BCUT2D eigenvalue weighted by Gasteiger charge is 2.11. The molecule has 4 nitrogen and oxygen atoms in total. The van der Waals surface area contributed by atoms with Crippen LogP contribution in [0.15, 0.2) is 35.2 Å². The van der Waals surface area contributed by atoms with Gasteiger partial charge in [0.25, 0.3) is 0 Å². The Balaban J connectivity index is 2.24. The third-order valence-electron chi connectivity index (χ3n) is 3.00. The molecule has 0 saturated heterocycles. The molecule has 0 saturated carbocycles. The second-order valence-electron chi connectivity index (χ2n) is 4.61. The minimum Gasteiger partial charge on any atom is -0.505 e. The molecule has 0 unspecified atom stereocenters. The van der Waals surface area contributed by atoms with Crippen molar-refractivity contribution in [3.05, 3.63) is 41.5 Å². The third-order valence-corrected chi connectivity index (χ3v) is 3.28. The van der Waals surface area contributed by atoms with E-state index in [1.807, 2.05) is 44.2 Å². The van der Waals surface area contributed by atoms with Crippen LogP contribution < -0.4 is 0 Å². The highest BCUT2D eigenvalue weighted by atomic mass is 32.1. The van der Waals surface area contributed by atoms with Gasteiger partial charge in [0.1, 0.15) is 22.5 Å². The highest BCUT2D eigenvalue weighted by molar-refractivity contribution is 7.80. The molecule has 1 N–H and O–H groups in total. The standard InChI is InChI=1S/C14H13N3OS/c1-8-5-9(2)14(18)13(6-8)17-15-11-4-3-10(19)7-12(11)16-17/h3-7,18-19H,1-2H3. The third kappa shape index (κ3) is 2.06. The van der Waals surface area contributed by atoms with E-state index in [9.17, 15) is 5.11 Å². The van der Waals surface area contributed by atoms with Crippen molar-refractivity contribution in [2.45, 2.75) is 18.7 Å². The summed E-state index contributed by atoms with van der Waals surface area (Å²) in [6, 6.07) is 9.37.